The summed E-state index contributed by atoms with van der Waals surface area (Å²) in [6.45, 7) is 1.11. The summed E-state index contributed by atoms with van der Waals surface area (Å²) in [4.78, 5) is 13.0. The Labute approximate surface area is 161 Å². The molecule has 0 saturated heterocycles. The molecule has 8 heteroatoms. The van der Waals surface area contributed by atoms with Crippen molar-refractivity contribution < 1.29 is 18.3 Å². The van der Waals surface area contributed by atoms with Gasteiger partial charge in [0.15, 0.2) is 0 Å². The molecular weight excluding hydrogens is 372 g/mol. The summed E-state index contributed by atoms with van der Waals surface area (Å²) in [5.74, 6) is 5.81. The summed E-state index contributed by atoms with van der Waals surface area (Å²) in [7, 11) is 1.39. The van der Waals surface area contributed by atoms with E-state index in [1.165, 1.54) is 30.4 Å². The van der Waals surface area contributed by atoms with Crippen LogP contribution in [-0.4, -0.2) is 24.7 Å². The molecule has 2 amide bonds. The Morgan fingerprint density at radius 3 is 2.70 bits per heavy atom. The number of aryl methyl sites for hydroxylation is 2. The van der Waals surface area contributed by atoms with Crippen molar-refractivity contribution in [3.05, 3.63) is 53.1 Å². The standard InChI is InChI=1S/C19H23F2N3O2S/c1-4-13-9-8-12(2)17(10-13)27-11-14-15(23-19(25)24(3)22)6-5-7-16(14)26-18(20)21/h5-10,18H,4,11,22H2,1-3H3,(H,23,25). The molecule has 0 spiro atoms. The molecule has 2 aromatic carbocycles. The second-order valence-corrected chi connectivity index (χ2v) is 6.96. The molecule has 2 rings (SSSR count). The number of amides is 2. The molecule has 27 heavy (non-hydrogen) atoms. The molecule has 0 saturated carbocycles. The van der Waals surface area contributed by atoms with Crippen molar-refractivity contribution in [3.63, 3.8) is 0 Å². The van der Waals surface area contributed by atoms with E-state index in [2.05, 4.69) is 29.1 Å². The minimum atomic E-state index is -2.96. The van der Waals surface area contributed by atoms with Gasteiger partial charge in [-0.25, -0.2) is 10.6 Å². The van der Waals surface area contributed by atoms with Gasteiger partial charge in [-0.15, -0.1) is 11.8 Å². The van der Waals surface area contributed by atoms with Crippen molar-refractivity contribution >= 4 is 23.5 Å². The van der Waals surface area contributed by atoms with E-state index in [0.717, 1.165) is 21.9 Å². The third kappa shape index (κ3) is 5.83. The maximum Gasteiger partial charge on any atom is 0.387 e. The van der Waals surface area contributed by atoms with Gasteiger partial charge in [0.05, 0.1) is 5.69 Å². The number of carbonyl (C=O) groups is 1. The molecule has 5 nitrogen and oxygen atoms in total. The third-order valence-electron chi connectivity index (χ3n) is 3.94. The first kappa shape index (κ1) is 21.0. The van der Waals surface area contributed by atoms with E-state index in [0.29, 0.717) is 17.0 Å². The minimum absolute atomic E-state index is 0.0271. The number of hydrazine groups is 1. The number of halogens is 2. The predicted octanol–water partition coefficient (Wildman–Crippen LogP) is 4.79. The molecule has 0 bridgehead atoms. The third-order valence-corrected chi connectivity index (χ3v) is 5.13. The molecule has 0 aromatic heterocycles. The van der Waals surface area contributed by atoms with Gasteiger partial charge < -0.3 is 10.1 Å². The zero-order valence-electron chi connectivity index (χ0n) is 15.5. The molecule has 2 aromatic rings. The van der Waals surface area contributed by atoms with Gasteiger partial charge in [0.1, 0.15) is 5.75 Å². The quantitative estimate of drug-likeness (QED) is 0.306. The Bertz CT molecular complexity index is 801. The van der Waals surface area contributed by atoms with E-state index in [-0.39, 0.29) is 5.75 Å². The molecule has 3 N–H and O–H groups in total. The van der Waals surface area contributed by atoms with Crippen LogP contribution in [-0.2, 0) is 12.2 Å². The molecule has 0 radical (unpaired) electrons. The van der Waals surface area contributed by atoms with Gasteiger partial charge in [0, 0.05) is 23.3 Å². The van der Waals surface area contributed by atoms with Gasteiger partial charge in [-0.05, 0) is 42.7 Å². The number of ether oxygens (including phenoxy) is 1. The van der Waals surface area contributed by atoms with Gasteiger partial charge in [0.25, 0.3) is 0 Å². The van der Waals surface area contributed by atoms with Crippen LogP contribution in [0.5, 0.6) is 5.75 Å². The first-order valence-corrected chi connectivity index (χ1v) is 9.38. The Balaban J connectivity index is 2.33. The fourth-order valence-electron chi connectivity index (χ4n) is 2.41. The van der Waals surface area contributed by atoms with Crippen molar-refractivity contribution in [2.24, 2.45) is 5.84 Å². The van der Waals surface area contributed by atoms with Crippen molar-refractivity contribution in [2.45, 2.75) is 37.5 Å². The second kappa shape index (κ2) is 9.57. The maximum absolute atomic E-state index is 12.8. The number of nitrogens with zero attached hydrogens (tertiary/aromatic N) is 1. The monoisotopic (exact) mass is 395 g/mol. The lowest BCUT2D eigenvalue weighted by Gasteiger charge is -2.18. The highest BCUT2D eigenvalue weighted by atomic mass is 32.2. The van der Waals surface area contributed by atoms with Crippen LogP contribution in [0.1, 0.15) is 23.6 Å². The number of hydrogen-bond acceptors (Lipinski definition) is 4. The topological polar surface area (TPSA) is 67.6 Å². The Morgan fingerprint density at radius 2 is 2.07 bits per heavy atom. The number of rotatable bonds is 7. The highest BCUT2D eigenvalue weighted by molar-refractivity contribution is 7.98. The average Bonchev–Trinajstić information content (AvgIpc) is 2.61. The van der Waals surface area contributed by atoms with Crippen LogP contribution in [0.25, 0.3) is 0 Å². The van der Waals surface area contributed by atoms with Crippen LogP contribution < -0.4 is 15.9 Å². The molecule has 146 valence electrons. The lowest BCUT2D eigenvalue weighted by Crippen LogP contribution is -2.37. The van der Waals surface area contributed by atoms with E-state index < -0.39 is 12.6 Å². The largest absolute Gasteiger partial charge is 0.434 e. The van der Waals surface area contributed by atoms with Crippen molar-refractivity contribution in [1.82, 2.24) is 5.01 Å². The minimum Gasteiger partial charge on any atom is -0.434 e. The number of hydrogen-bond donors (Lipinski definition) is 2. The van der Waals surface area contributed by atoms with Crippen molar-refractivity contribution in [2.75, 3.05) is 12.4 Å². The van der Waals surface area contributed by atoms with E-state index in [1.807, 2.05) is 13.0 Å². The number of urea groups is 1. The van der Waals surface area contributed by atoms with Gasteiger partial charge >= 0.3 is 12.6 Å². The maximum atomic E-state index is 12.8. The number of nitrogens with two attached hydrogens (primary N) is 1. The van der Waals surface area contributed by atoms with Crippen LogP contribution in [0, 0.1) is 6.92 Å². The van der Waals surface area contributed by atoms with Crippen LogP contribution >= 0.6 is 11.8 Å². The zero-order valence-corrected chi connectivity index (χ0v) is 16.3. The summed E-state index contributed by atoms with van der Waals surface area (Å²) < 4.78 is 30.3. The van der Waals surface area contributed by atoms with Gasteiger partial charge in [-0.3, -0.25) is 5.01 Å². The molecule has 0 fully saturated rings. The second-order valence-electron chi connectivity index (χ2n) is 5.94. The highest BCUT2D eigenvalue weighted by Gasteiger charge is 2.17. The number of alkyl halides is 2. The first-order valence-electron chi connectivity index (χ1n) is 8.40. The van der Waals surface area contributed by atoms with E-state index >= 15 is 0 Å². The first-order chi connectivity index (χ1) is 12.8. The molecule has 0 aliphatic carbocycles. The molecule has 0 atom stereocenters. The SMILES string of the molecule is CCc1ccc(C)c(SCc2c(NC(=O)N(C)N)cccc2OC(F)F)c1. The Morgan fingerprint density at radius 1 is 1.33 bits per heavy atom. The van der Waals surface area contributed by atoms with Gasteiger partial charge in [-0.2, -0.15) is 8.78 Å². The summed E-state index contributed by atoms with van der Waals surface area (Å²) in [6.07, 6.45) is 0.906. The van der Waals surface area contributed by atoms with E-state index in [9.17, 15) is 13.6 Å². The number of thioether (sulfide) groups is 1. The van der Waals surface area contributed by atoms with Crippen LogP contribution in [0.3, 0.4) is 0 Å². The normalized spacial score (nSPS) is 10.8. The van der Waals surface area contributed by atoms with Crippen LogP contribution in [0.4, 0.5) is 19.3 Å². The fraction of sp³-hybridized carbons (Fsp3) is 0.316. The predicted molar refractivity (Wildman–Crippen MR) is 104 cm³/mol. The average molecular weight is 395 g/mol. The van der Waals surface area contributed by atoms with Crippen molar-refractivity contribution in [1.29, 1.82) is 0 Å². The molecule has 0 heterocycles. The summed E-state index contributed by atoms with van der Waals surface area (Å²) in [5, 5.41) is 3.50. The van der Waals surface area contributed by atoms with Crippen molar-refractivity contribution in [3.8, 4) is 5.75 Å². The summed E-state index contributed by atoms with van der Waals surface area (Å²) in [5.41, 5.74) is 3.14. The van der Waals surface area contributed by atoms with Gasteiger partial charge in [-0.1, -0.05) is 25.1 Å². The Hall–Kier alpha value is -2.32. The lowest BCUT2D eigenvalue weighted by atomic mass is 10.1. The van der Waals surface area contributed by atoms with Crippen LogP contribution in [0.15, 0.2) is 41.3 Å². The number of nitrogens with one attached hydrogen (secondary N) is 1. The summed E-state index contributed by atoms with van der Waals surface area (Å²) >= 11 is 1.50. The molecule has 0 unspecified atom stereocenters. The number of carbonyl (C=O) groups excluding carboxylic acids is 1. The smallest absolute Gasteiger partial charge is 0.387 e. The zero-order chi connectivity index (χ0) is 20.0. The molecular formula is C19H23F2N3O2S. The van der Waals surface area contributed by atoms with E-state index in [4.69, 9.17) is 5.84 Å². The summed E-state index contributed by atoms with van der Waals surface area (Å²) in [6, 6.07) is 10.3. The lowest BCUT2D eigenvalue weighted by molar-refractivity contribution is -0.0502. The Kier molecular flexibility index (Phi) is 7.44. The number of benzene rings is 2. The van der Waals surface area contributed by atoms with E-state index in [1.54, 1.807) is 12.1 Å². The molecule has 0 aliphatic heterocycles. The molecule has 0 aliphatic rings. The number of anilines is 1. The highest BCUT2D eigenvalue weighted by Crippen LogP contribution is 2.35. The van der Waals surface area contributed by atoms with Crippen LogP contribution in [0.2, 0.25) is 0 Å². The fourth-order valence-corrected chi connectivity index (χ4v) is 3.54. The van der Waals surface area contributed by atoms with Gasteiger partial charge in [0.2, 0.25) is 0 Å².